The molecule has 1 aliphatic heterocycles. The molecule has 7 heteroatoms. The summed E-state index contributed by atoms with van der Waals surface area (Å²) in [6.45, 7) is -2.02. The van der Waals surface area contributed by atoms with Gasteiger partial charge in [-0.25, -0.2) is 0 Å². The summed E-state index contributed by atoms with van der Waals surface area (Å²) in [4.78, 5) is 14.3. The van der Waals surface area contributed by atoms with Crippen LogP contribution in [0.15, 0.2) is 48.5 Å². The molecule has 5 nitrogen and oxygen atoms in total. The fourth-order valence-corrected chi connectivity index (χ4v) is 2.75. The van der Waals surface area contributed by atoms with E-state index < -0.39 is 12.7 Å². The molecule has 1 aliphatic rings. The van der Waals surface area contributed by atoms with Crippen LogP contribution in [-0.4, -0.2) is 41.7 Å². The van der Waals surface area contributed by atoms with Gasteiger partial charge in [0.2, 0.25) is 0 Å². The molecule has 132 valence electrons. The first-order valence-corrected chi connectivity index (χ1v) is 7.91. The minimum Gasteiger partial charge on any atom is -0.435 e. The number of rotatable bonds is 5. The van der Waals surface area contributed by atoms with Crippen LogP contribution in [0.5, 0.6) is 5.75 Å². The van der Waals surface area contributed by atoms with Crippen LogP contribution >= 0.6 is 0 Å². The molecule has 1 atom stereocenters. The number of nitrogens with one attached hydrogen (secondary N) is 1. The first-order valence-electron chi connectivity index (χ1n) is 7.91. The van der Waals surface area contributed by atoms with Gasteiger partial charge in [-0.05, 0) is 42.8 Å². The van der Waals surface area contributed by atoms with E-state index in [1.807, 2.05) is 0 Å². The molecule has 1 fully saturated rings. The van der Waals surface area contributed by atoms with E-state index >= 15 is 0 Å². The van der Waals surface area contributed by atoms with Gasteiger partial charge in [0.15, 0.2) is 0 Å². The summed E-state index contributed by atoms with van der Waals surface area (Å²) in [5.74, 6) is -0.0896. The Morgan fingerprint density at radius 2 is 1.92 bits per heavy atom. The van der Waals surface area contributed by atoms with Crippen molar-refractivity contribution in [2.75, 3.05) is 18.4 Å². The number of ether oxygens (including phenoxy) is 1. The normalized spacial score (nSPS) is 17.0. The Kier molecular flexibility index (Phi) is 5.14. The minimum atomic E-state index is -2.87. The van der Waals surface area contributed by atoms with Crippen molar-refractivity contribution in [3.05, 3.63) is 54.1 Å². The second-order valence-electron chi connectivity index (χ2n) is 5.77. The van der Waals surface area contributed by atoms with Gasteiger partial charge in [-0.3, -0.25) is 4.79 Å². The molecule has 2 aromatic rings. The van der Waals surface area contributed by atoms with Crippen LogP contribution in [0, 0.1) is 0 Å². The molecule has 0 spiro atoms. The Hall–Kier alpha value is -2.67. The zero-order chi connectivity index (χ0) is 17.8. The van der Waals surface area contributed by atoms with E-state index in [4.69, 9.17) is 0 Å². The Morgan fingerprint density at radius 1 is 1.20 bits per heavy atom. The van der Waals surface area contributed by atoms with Gasteiger partial charge in [-0.2, -0.15) is 8.78 Å². The topological polar surface area (TPSA) is 61.8 Å². The molecule has 0 unspecified atom stereocenters. The predicted octanol–water partition coefficient (Wildman–Crippen LogP) is 3.24. The number of anilines is 2. The number of carbonyl (C=O) groups is 1. The molecule has 1 amide bonds. The van der Waals surface area contributed by atoms with Crippen molar-refractivity contribution < 1.29 is 23.4 Å². The summed E-state index contributed by atoms with van der Waals surface area (Å²) in [6, 6.07) is 13.1. The molecule has 2 aromatic carbocycles. The lowest BCUT2D eigenvalue weighted by atomic mass is 10.1. The molecule has 0 aromatic heterocycles. The molecule has 25 heavy (non-hydrogen) atoms. The molecule has 1 saturated heterocycles. The maximum Gasteiger partial charge on any atom is 0.387 e. The van der Waals surface area contributed by atoms with Crippen LogP contribution in [0.4, 0.5) is 20.2 Å². The Morgan fingerprint density at radius 3 is 2.56 bits per heavy atom. The number of aliphatic hydroxyl groups is 1. The third-order valence-corrected chi connectivity index (χ3v) is 3.97. The highest BCUT2D eigenvalue weighted by Gasteiger charge is 2.26. The van der Waals surface area contributed by atoms with Gasteiger partial charge in [-0.15, -0.1) is 0 Å². The number of hydrogen-bond donors (Lipinski definition) is 2. The third-order valence-electron chi connectivity index (χ3n) is 3.97. The molecule has 3 rings (SSSR count). The molecule has 0 aliphatic carbocycles. The highest BCUT2D eigenvalue weighted by Crippen LogP contribution is 2.25. The van der Waals surface area contributed by atoms with Crippen molar-refractivity contribution in [3.8, 4) is 5.75 Å². The number of likely N-dealkylation sites (tertiary alicyclic amines) is 1. The fourth-order valence-electron chi connectivity index (χ4n) is 2.75. The van der Waals surface area contributed by atoms with Gasteiger partial charge in [0.05, 0.1) is 17.4 Å². The van der Waals surface area contributed by atoms with E-state index in [0.717, 1.165) is 0 Å². The Balaban J connectivity index is 1.76. The van der Waals surface area contributed by atoms with Crippen LogP contribution < -0.4 is 10.1 Å². The summed E-state index contributed by atoms with van der Waals surface area (Å²) >= 11 is 0. The minimum absolute atomic E-state index is 0.0657. The summed E-state index contributed by atoms with van der Waals surface area (Å²) in [5.41, 5.74) is 1.74. The van der Waals surface area contributed by atoms with Crippen LogP contribution in [0.2, 0.25) is 0 Å². The zero-order valence-electron chi connectivity index (χ0n) is 13.4. The maximum atomic E-state index is 12.7. The Bertz CT molecular complexity index is 737. The number of alkyl halides is 2. The fraction of sp³-hybridized carbons (Fsp3) is 0.278. The molecule has 0 bridgehead atoms. The van der Waals surface area contributed by atoms with Crippen LogP contribution in [-0.2, 0) is 0 Å². The van der Waals surface area contributed by atoms with Crippen LogP contribution in [0.3, 0.4) is 0 Å². The molecular weight excluding hydrogens is 330 g/mol. The number of para-hydroxylation sites is 1. The number of hydrogen-bond acceptors (Lipinski definition) is 4. The molecule has 1 heterocycles. The van der Waals surface area contributed by atoms with Crippen molar-refractivity contribution in [2.45, 2.75) is 19.1 Å². The number of nitrogens with zero attached hydrogens (tertiary/aromatic N) is 1. The smallest absolute Gasteiger partial charge is 0.387 e. The van der Waals surface area contributed by atoms with E-state index in [9.17, 15) is 18.7 Å². The summed E-state index contributed by atoms with van der Waals surface area (Å²) < 4.78 is 28.7. The average Bonchev–Trinajstić information content (AvgIpc) is 3.02. The molecular formula is C18H18F2N2O3. The van der Waals surface area contributed by atoms with E-state index in [0.29, 0.717) is 36.4 Å². The average molecular weight is 348 g/mol. The number of aliphatic hydroxyl groups excluding tert-OH is 1. The van der Waals surface area contributed by atoms with Gasteiger partial charge in [-0.1, -0.05) is 12.1 Å². The number of carbonyl (C=O) groups excluding carboxylic acids is 1. The predicted molar refractivity (Wildman–Crippen MR) is 89.3 cm³/mol. The van der Waals surface area contributed by atoms with Gasteiger partial charge in [0, 0.05) is 18.8 Å². The van der Waals surface area contributed by atoms with Gasteiger partial charge < -0.3 is 20.1 Å². The van der Waals surface area contributed by atoms with E-state index in [1.165, 1.54) is 12.1 Å². The number of β-amino-alcohol motifs (C(OH)–C–C–N with tert-alkyl or cyclic N) is 1. The monoisotopic (exact) mass is 348 g/mol. The second-order valence-corrected chi connectivity index (χ2v) is 5.77. The zero-order valence-corrected chi connectivity index (χ0v) is 13.4. The number of benzene rings is 2. The lowest BCUT2D eigenvalue weighted by Gasteiger charge is -2.18. The summed E-state index contributed by atoms with van der Waals surface area (Å²) in [5, 5.41) is 12.7. The molecule has 2 N–H and O–H groups in total. The Labute approximate surface area is 143 Å². The van der Waals surface area contributed by atoms with Crippen molar-refractivity contribution in [1.29, 1.82) is 0 Å². The first-order chi connectivity index (χ1) is 12.0. The highest BCUT2D eigenvalue weighted by atomic mass is 19.3. The van der Waals surface area contributed by atoms with Gasteiger partial charge in [0.1, 0.15) is 5.75 Å². The summed E-state index contributed by atoms with van der Waals surface area (Å²) in [7, 11) is 0. The number of amides is 1. The molecule has 0 radical (unpaired) electrons. The first kappa shape index (κ1) is 17.2. The van der Waals surface area contributed by atoms with Crippen molar-refractivity contribution >= 4 is 17.3 Å². The van der Waals surface area contributed by atoms with Crippen LogP contribution in [0.25, 0.3) is 0 Å². The summed E-state index contributed by atoms with van der Waals surface area (Å²) in [6.07, 6.45) is 0.0962. The SMILES string of the molecule is O=C(c1ccccc1Nc1ccc(OC(F)F)cc1)N1CC[C@@H](O)C1. The molecule has 0 saturated carbocycles. The number of halogens is 2. The third kappa shape index (κ3) is 4.24. The maximum absolute atomic E-state index is 12.7. The lowest BCUT2D eigenvalue weighted by Crippen LogP contribution is -2.30. The lowest BCUT2D eigenvalue weighted by molar-refractivity contribution is -0.0498. The quantitative estimate of drug-likeness (QED) is 0.871. The van der Waals surface area contributed by atoms with E-state index in [1.54, 1.807) is 41.3 Å². The van der Waals surface area contributed by atoms with Gasteiger partial charge >= 0.3 is 6.61 Å². The van der Waals surface area contributed by atoms with E-state index in [2.05, 4.69) is 10.1 Å². The van der Waals surface area contributed by atoms with Gasteiger partial charge in [0.25, 0.3) is 5.91 Å². The van der Waals surface area contributed by atoms with Crippen molar-refractivity contribution in [1.82, 2.24) is 4.90 Å². The van der Waals surface area contributed by atoms with Crippen LogP contribution in [0.1, 0.15) is 16.8 Å². The highest BCUT2D eigenvalue weighted by molar-refractivity contribution is 6.00. The van der Waals surface area contributed by atoms with E-state index in [-0.39, 0.29) is 11.7 Å². The second kappa shape index (κ2) is 7.48. The van der Waals surface area contributed by atoms with Crippen molar-refractivity contribution in [3.63, 3.8) is 0 Å². The standard InChI is InChI=1S/C18H18F2N2O3/c19-18(20)25-14-7-5-12(6-8-14)21-16-4-2-1-3-15(16)17(24)22-10-9-13(23)11-22/h1-8,13,18,21,23H,9-11H2/t13-/m1/s1. The largest absolute Gasteiger partial charge is 0.435 e. The van der Waals surface area contributed by atoms with Crippen molar-refractivity contribution in [2.24, 2.45) is 0 Å².